The van der Waals surface area contributed by atoms with E-state index in [1.165, 1.54) is 44.9 Å². The van der Waals surface area contributed by atoms with Gasteiger partial charge in [-0.2, -0.15) is 0 Å². The van der Waals surface area contributed by atoms with Crippen molar-refractivity contribution in [3.05, 3.63) is 108 Å². The van der Waals surface area contributed by atoms with Crippen LogP contribution in [-0.4, -0.2) is 86.2 Å². The molecule has 0 spiro atoms. The maximum atomic E-state index is 14.4. The third kappa shape index (κ3) is 27.3. The second-order valence-electron chi connectivity index (χ2n) is 18.2. The third-order valence-corrected chi connectivity index (χ3v) is 12.1. The summed E-state index contributed by atoms with van der Waals surface area (Å²) in [6.45, 7) is 3.78. The predicted octanol–water partition coefficient (Wildman–Crippen LogP) is 7.37. The average molecular weight is 985 g/mol. The topological polar surface area (TPSA) is 245 Å². The van der Waals surface area contributed by atoms with Crippen LogP contribution < -0.4 is 43.4 Å². The molecule has 16 heteroatoms. The van der Waals surface area contributed by atoms with E-state index in [9.17, 15) is 28.8 Å². The first-order valence-corrected chi connectivity index (χ1v) is 26.2. The van der Waals surface area contributed by atoms with Crippen LogP contribution in [0, 0.1) is 0 Å². The molecule has 3 aromatic carbocycles. The van der Waals surface area contributed by atoms with Crippen molar-refractivity contribution in [1.82, 2.24) is 31.9 Å². The molecule has 71 heavy (non-hydrogen) atoms. The smallest absolute Gasteiger partial charge is 0.408 e. The van der Waals surface area contributed by atoms with Gasteiger partial charge in [0.2, 0.25) is 23.6 Å². The number of alkyl carbamates (subject to hydrolysis) is 2. The van der Waals surface area contributed by atoms with Crippen molar-refractivity contribution in [2.24, 2.45) is 11.5 Å². The van der Waals surface area contributed by atoms with Crippen molar-refractivity contribution in [1.29, 1.82) is 0 Å². The van der Waals surface area contributed by atoms with E-state index in [1.54, 1.807) is 0 Å². The first kappa shape index (κ1) is 59.3. The van der Waals surface area contributed by atoms with E-state index in [4.69, 9.17) is 20.9 Å². The van der Waals surface area contributed by atoms with Crippen LogP contribution in [0.4, 0.5) is 9.59 Å². The quantitative estimate of drug-likeness (QED) is 0.0265. The highest BCUT2D eigenvalue weighted by molar-refractivity contribution is 5.94. The van der Waals surface area contributed by atoms with E-state index in [2.05, 4.69) is 38.8 Å². The summed E-state index contributed by atoms with van der Waals surface area (Å²) in [5, 5.41) is 17.1. The van der Waals surface area contributed by atoms with Crippen LogP contribution in [0.5, 0.6) is 0 Å². The fourth-order valence-corrected chi connectivity index (χ4v) is 7.97. The Labute approximate surface area is 422 Å². The highest BCUT2D eigenvalue weighted by Gasteiger charge is 2.30. The molecule has 0 fully saturated rings. The molecular formula is C55H84N8O8. The Hall–Kier alpha value is -6.00. The lowest BCUT2D eigenvalue weighted by molar-refractivity contribution is -0.132. The summed E-state index contributed by atoms with van der Waals surface area (Å²) < 4.78 is 10.8. The largest absolute Gasteiger partial charge is 0.445 e. The molecule has 3 aromatic rings. The van der Waals surface area contributed by atoms with Crippen LogP contribution in [0.2, 0.25) is 0 Å². The molecule has 0 unspecified atom stereocenters. The molecule has 0 radical (unpaired) electrons. The molecular weight excluding hydrogens is 901 g/mol. The van der Waals surface area contributed by atoms with Crippen molar-refractivity contribution < 1.29 is 38.2 Å². The first-order chi connectivity index (χ1) is 34.6. The molecule has 0 aliphatic carbocycles. The number of unbranched alkanes of at least 4 members (excludes halogenated alkanes) is 12. The normalized spacial score (nSPS) is 12.6. The number of benzene rings is 3. The van der Waals surface area contributed by atoms with Gasteiger partial charge in [0.1, 0.15) is 37.4 Å². The minimum atomic E-state index is -1.12. The van der Waals surface area contributed by atoms with E-state index in [-0.39, 0.29) is 50.8 Å². The highest BCUT2D eigenvalue weighted by Crippen LogP contribution is 2.13. The number of carbonyl (C=O) groups is 6. The van der Waals surface area contributed by atoms with Crippen molar-refractivity contribution in [2.45, 2.75) is 173 Å². The number of ether oxygens (including phenoxy) is 2. The van der Waals surface area contributed by atoms with Crippen molar-refractivity contribution >= 4 is 35.8 Å². The summed E-state index contributed by atoms with van der Waals surface area (Å²) in [4.78, 5) is 81.5. The Balaban J connectivity index is 1.71. The van der Waals surface area contributed by atoms with E-state index in [0.717, 1.165) is 36.0 Å². The molecule has 6 amide bonds. The van der Waals surface area contributed by atoms with Crippen LogP contribution >= 0.6 is 0 Å². The van der Waals surface area contributed by atoms with Crippen LogP contribution in [0.15, 0.2) is 91.0 Å². The fourth-order valence-electron chi connectivity index (χ4n) is 7.97. The molecule has 0 heterocycles. The van der Waals surface area contributed by atoms with E-state index >= 15 is 0 Å². The van der Waals surface area contributed by atoms with Crippen LogP contribution in [0.3, 0.4) is 0 Å². The second kappa shape index (κ2) is 37.8. The van der Waals surface area contributed by atoms with Crippen LogP contribution in [0.1, 0.15) is 146 Å². The molecule has 0 aliphatic rings. The van der Waals surface area contributed by atoms with Gasteiger partial charge in [-0.3, -0.25) is 19.2 Å². The Bertz CT molecular complexity index is 1930. The molecule has 0 aromatic heterocycles. The summed E-state index contributed by atoms with van der Waals surface area (Å²) in [6, 6.07) is 23.8. The van der Waals surface area contributed by atoms with Gasteiger partial charge in [0, 0.05) is 19.5 Å². The molecule has 0 saturated carbocycles. The number of amides is 6. The van der Waals surface area contributed by atoms with Crippen molar-refractivity contribution in [3.8, 4) is 0 Å². The number of carbonyl (C=O) groups excluding carboxylic acids is 6. The summed E-state index contributed by atoms with van der Waals surface area (Å²) in [5.41, 5.74) is 13.9. The molecule has 392 valence electrons. The number of nitrogens with two attached hydrogens (primary N) is 2. The number of nitrogens with one attached hydrogen (secondary N) is 6. The zero-order valence-electron chi connectivity index (χ0n) is 42.3. The van der Waals surface area contributed by atoms with Crippen molar-refractivity contribution in [2.75, 3.05) is 26.2 Å². The lowest BCUT2D eigenvalue weighted by atomic mass is 10.0. The Morgan fingerprint density at radius 1 is 0.408 bits per heavy atom. The van der Waals surface area contributed by atoms with Crippen molar-refractivity contribution in [3.63, 3.8) is 0 Å². The Kier molecular flexibility index (Phi) is 31.6. The number of rotatable bonds is 38. The Morgan fingerprint density at radius 2 is 0.761 bits per heavy atom. The van der Waals surface area contributed by atoms with Gasteiger partial charge < -0.3 is 52.8 Å². The highest BCUT2D eigenvalue weighted by atomic mass is 16.6. The van der Waals surface area contributed by atoms with Gasteiger partial charge in [-0.1, -0.05) is 156 Å². The minimum Gasteiger partial charge on any atom is -0.445 e. The molecule has 4 atom stereocenters. The fraction of sp³-hybridized carbons (Fsp3) is 0.564. The maximum Gasteiger partial charge on any atom is 0.408 e. The monoisotopic (exact) mass is 985 g/mol. The molecule has 3 rings (SSSR count). The predicted molar refractivity (Wildman–Crippen MR) is 279 cm³/mol. The van der Waals surface area contributed by atoms with E-state index < -0.39 is 48.2 Å². The molecule has 0 saturated heterocycles. The molecule has 0 aliphatic heterocycles. The van der Waals surface area contributed by atoms with Gasteiger partial charge in [-0.15, -0.1) is 0 Å². The first-order valence-electron chi connectivity index (χ1n) is 26.2. The molecule has 0 bridgehead atoms. The molecule has 16 nitrogen and oxygen atoms in total. The van der Waals surface area contributed by atoms with Crippen LogP contribution in [-0.2, 0) is 48.3 Å². The zero-order chi connectivity index (χ0) is 51.2. The SMILES string of the molecule is CCCCCCCCCCCCNC(=O)[C@H](Cc1ccccc1)NC(=O)[C@H](CCCCNC(=O)[C@H](CCCCN)NC(=O)OCc1ccccc1)NC(=O)[C@H](CCCCN)NC(=O)OCc1ccccc1. The lowest BCUT2D eigenvalue weighted by Crippen LogP contribution is -2.57. The summed E-state index contributed by atoms with van der Waals surface area (Å²) in [5.74, 6) is -1.88. The Morgan fingerprint density at radius 3 is 1.21 bits per heavy atom. The summed E-state index contributed by atoms with van der Waals surface area (Å²) in [6.07, 6.45) is 14.3. The minimum absolute atomic E-state index is 0.00169. The standard InChI is InChI=1S/C55H84N8O8/c1-2-3-4-5-6-7-8-9-10-25-38-59-51(65)49(40-43-27-14-11-15-28-43)61-52(66)47(60-53(67)48(34-21-24-37-57)63-55(69)71-42-45-31-18-13-19-32-45)35-22-26-39-58-50(64)46(33-20-23-36-56)62-54(68)70-41-44-29-16-12-17-30-44/h11-19,27-32,46-49H,2-10,20-26,33-42,56-57H2,1H3,(H,58,64)(H,59,65)(H,60,67)(H,61,66)(H,62,68)(H,63,69)/t46-,47-,48-,49-/m0/s1. The van der Waals surface area contributed by atoms with E-state index in [0.29, 0.717) is 64.6 Å². The third-order valence-electron chi connectivity index (χ3n) is 12.1. The second-order valence-corrected chi connectivity index (χ2v) is 18.2. The van der Waals surface area contributed by atoms with Crippen LogP contribution in [0.25, 0.3) is 0 Å². The summed E-state index contributed by atoms with van der Waals surface area (Å²) >= 11 is 0. The molecule has 10 N–H and O–H groups in total. The lowest BCUT2D eigenvalue weighted by Gasteiger charge is -2.26. The van der Waals surface area contributed by atoms with Gasteiger partial charge >= 0.3 is 12.2 Å². The van der Waals surface area contributed by atoms with Gasteiger partial charge in [0.15, 0.2) is 0 Å². The summed E-state index contributed by atoms with van der Waals surface area (Å²) in [7, 11) is 0. The van der Waals surface area contributed by atoms with Gasteiger partial charge in [-0.05, 0) is 94.0 Å². The van der Waals surface area contributed by atoms with E-state index in [1.807, 2.05) is 91.0 Å². The van der Waals surface area contributed by atoms with Gasteiger partial charge in [0.25, 0.3) is 0 Å². The van der Waals surface area contributed by atoms with Gasteiger partial charge in [-0.25, -0.2) is 9.59 Å². The van der Waals surface area contributed by atoms with Gasteiger partial charge in [0.05, 0.1) is 0 Å². The maximum absolute atomic E-state index is 14.4. The number of hydrogen-bond donors (Lipinski definition) is 8. The number of hydrogen-bond acceptors (Lipinski definition) is 10. The zero-order valence-corrected chi connectivity index (χ0v) is 42.3. The average Bonchev–Trinajstić information content (AvgIpc) is 3.38.